The molecule has 0 saturated carbocycles. The van der Waals surface area contributed by atoms with Crippen molar-refractivity contribution < 1.29 is 0 Å². The van der Waals surface area contributed by atoms with E-state index < -0.39 is 0 Å². The van der Waals surface area contributed by atoms with Gasteiger partial charge >= 0.3 is 0 Å². The molecule has 1 nitrogen and oxygen atoms in total. The highest BCUT2D eigenvalue weighted by molar-refractivity contribution is 6.30. The second-order valence-electron chi connectivity index (χ2n) is 8.42. The van der Waals surface area contributed by atoms with E-state index in [0.29, 0.717) is 0 Å². The molecule has 140 valence electrons. The maximum atomic E-state index is 6.36. The van der Waals surface area contributed by atoms with Gasteiger partial charge in [0.2, 0.25) is 0 Å². The molecular weight excluding hydrogens is 374 g/mol. The van der Waals surface area contributed by atoms with Gasteiger partial charge in [0.15, 0.2) is 0 Å². The van der Waals surface area contributed by atoms with Crippen molar-refractivity contribution in [1.29, 1.82) is 0 Å². The Kier molecular flexibility index (Phi) is 3.34. The van der Waals surface area contributed by atoms with Gasteiger partial charge in [-0.25, -0.2) is 0 Å². The molecule has 1 heterocycles. The third-order valence-electron chi connectivity index (χ3n) is 6.44. The number of halogens is 1. The molecule has 0 fully saturated rings. The number of benzene rings is 4. The molecule has 6 rings (SSSR count). The number of rotatable bonds is 1. The van der Waals surface area contributed by atoms with Crippen molar-refractivity contribution in [2.75, 3.05) is 0 Å². The van der Waals surface area contributed by atoms with Gasteiger partial charge in [0, 0.05) is 26.9 Å². The van der Waals surface area contributed by atoms with Gasteiger partial charge in [0.05, 0.1) is 11.0 Å². The summed E-state index contributed by atoms with van der Waals surface area (Å²) in [6.45, 7) is 4.60. The number of fused-ring (bicyclic) bond motifs is 6. The molecule has 2 heteroatoms. The van der Waals surface area contributed by atoms with Gasteiger partial charge in [-0.05, 0) is 64.7 Å². The van der Waals surface area contributed by atoms with Gasteiger partial charge in [-0.2, -0.15) is 0 Å². The van der Waals surface area contributed by atoms with Gasteiger partial charge in [-0.15, -0.1) is 0 Å². The predicted molar refractivity (Wildman–Crippen MR) is 123 cm³/mol. The highest BCUT2D eigenvalue weighted by Crippen LogP contribution is 2.51. The minimum atomic E-state index is -0.0697. The van der Waals surface area contributed by atoms with Crippen molar-refractivity contribution in [1.82, 2.24) is 4.57 Å². The molecule has 5 aromatic rings. The van der Waals surface area contributed by atoms with Crippen molar-refractivity contribution in [2.45, 2.75) is 19.3 Å². The summed E-state index contributed by atoms with van der Waals surface area (Å²) in [6, 6.07) is 30.4. The Morgan fingerprint density at radius 1 is 0.655 bits per heavy atom. The third-order valence-corrected chi connectivity index (χ3v) is 6.68. The first-order chi connectivity index (χ1) is 14.1. The first-order valence-corrected chi connectivity index (χ1v) is 10.4. The zero-order chi connectivity index (χ0) is 19.8. The fourth-order valence-corrected chi connectivity index (χ4v) is 5.20. The summed E-state index contributed by atoms with van der Waals surface area (Å²) in [4.78, 5) is 0. The van der Waals surface area contributed by atoms with Gasteiger partial charge in [0.25, 0.3) is 0 Å². The van der Waals surface area contributed by atoms with E-state index >= 15 is 0 Å². The highest BCUT2D eigenvalue weighted by atomic mass is 35.5. The third kappa shape index (κ3) is 2.22. The molecule has 4 aromatic carbocycles. The molecule has 0 bridgehead atoms. The molecule has 29 heavy (non-hydrogen) atoms. The van der Waals surface area contributed by atoms with E-state index in [0.717, 1.165) is 5.02 Å². The molecule has 0 spiro atoms. The second kappa shape index (κ2) is 5.75. The Morgan fingerprint density at radius 3 is 2.21 bits per heavy atom. The van der Waals surface area contributed by atoms with Crippen molar-refractivity contribution in [3.8, 4) is 16.8 Å². The fourth-order valence-electron chi connectivity index (χ4n) is 5.02. The summed E-state index contributed by atoms with van der Waals surface area (Å²) in [7, 11) is 0. The summed E-state index contributed by atoms with van der Waals surface area (Å²) in [5.41, 5.74) is 8.89. The Morgan fingerprint density at radius 2 is 1.38 bits per heavy atom. The first-order valence-electron chi connectivity index (χ1n) is 9.99. The topological polar surface area (TPSA) is 4.93 Å². The molecule has 0 atom stereocenters. The van der Waals surface area contributed by atoms with E-state index in [-0.39, 0.29) is 5.41 Å². The standard InChI is InChI=1S/C27H20ClN/c1-27(2)23-14-17(28)12-13-19(23)21-16-26-22(15-24(21)27)20-10-6-7-11-25(20)29(26)18-8-4-3-5-9-18/h3-16H,1-2H3. The van der Waals surface area contributed by atoms with Crippen LogP contribution in [0.4, 0.5) is 0 Å². The van der Waals surface area contributed by atoms with Gasteiger partial charge in [-0.1, -0.05) is 67.9 Å². The van der Waals surface area contributed by atoms with E-state index in [1.807, 2.05) is 6.07 Å². The van der Waals surface area contributed by atoms with Crippen molar-refractivity contribution in [3.05, 3.63) is 101 Å². The zero-order valence-corrected chi connectivity index (χ0v) is 17.2. The molecule has 1 aromatic heterocycles. The van der Waals surface area contributed by atoms with Gasteiger partial charge in [-0.3, -0.25) is 0 Å². The molecular formula is C27H20ClN. The fraction of sp³-hybridized carbons (Fsp3) is 0.111. The number of nitrogens with zero attached hydrogens (tertiary/aromatic N) is 1. The van der Waals surface area contributed by atoms with Crippen LogP contribution in [0.5, 0.6) is 0 Å². The summed E-state index contributed by atoms with van der Waals surface area (Å²) in [5, 5.41) is 3.39. The Hall–Kier alpha value is -3.03. The van der Waals surface area contributed by atoms with Crippen LogP contribution < -0.4 is 0 Å². The van der Waals surface area contributed by atoms with Crippen molar-refractivity contribution in [2.24, 2.45) is 0 Å². The zero-order valence-electron chi connectivity index (χ0n) is 16.4. The van der Waals surface area contributed by atoms with Crippen LogP contribution in [-0.4, -0.2) is 4.57 Å². The molecule has 0 radical (unpaired) electrons. The summed E-state index contributed by atoms with van der Waals surface area (Å²) < 4.78 is 2.38. The van der Waals surface area contributed by atoms with Crippen LogP contribution >= 0.6 is 11.6 Å². The average molecular weight is 394 g/mol. The molecule has 0 aliphatic heterocycles. The van der Waals surface area contributed by atoms with Crippen LogP contribution in [0.3, 0.4) is 0 Å². The summed E-state index contributed by atoms with van der Waals surface area (Å²) >= 11 is 6.36. The number of hydrogen-bond donors (Lipinski definition) is 0. The first kappa shape index (κ1) is 16.9. The van der Waals surface area contributed by atoms with Gasteiger partial charge in [0.1, 0.15) is 0 Å². The molecule has 1 aliphatic rings. The van der Waals surface area contributed by atoms with Crippen LogP contribution in [-0.2, 0) is 5.41 Å². The molecule has 0 amide bonds. The van der Waals surface area contributed by atoms with Crippen LogP contribution in [0.1, 0.15) is 25.0 Å². The lowest BCUT2D eigenvalue weighted by Gasteiger charge is -2.21. The van der Waals surface area contributed by atoms with Crippen molar-refractivity contribution in [3.63, 3.8) is 0 Å². The normalized spacial score (nSPS) is 14.3. The van der Waals surface area contributed by atoms with E-state index in [4.69, 9.17) is 11.6 Å². The Bertz CT molecular complexity index is 1420. The molecule has 0 N–H and O–H groups in total. The largest absolute Gasteiger partial charge is 0.309 e. The van der Waals surface area contributed by atoms with Crippen molar-refractivity contribution >= 4 is 33.4 Å². The average Bonchev–Trinajstić information content (AvgIpc) is 3.17. The summed E-state index contributed by atoms with van der Waals surface area (Å²) in [6.07, 6.45) is 0. The van der Waals surface area contributed by atoms with E-state index in [9.17, 15) is 0 Å². The maximum Gasteiger partial charge on any atom is 0.0547 e. The number of aromatic nitrogens is 1. The Labute approximate surface area is 175 Å². The minimum absolute atomic E-state index is 0.0697. The van der Waals surface area contributed by atoms with E-state index in [1.54, 1.807) is 0 Å². The lowest BCUT2D eigenvalue weighted by atomic mass is 9.82. The predicted octanol–water partition coefficient (Wildman–Crippen LogP) is 7.74. The minimum Gasteiger partial charge on any atom is -0.309 e. The Balaban J connectivity index is 1.78. The van der Waals surface area contributed by atoms with Crippen LogP contribution in [0.15, 0.2) is 84.9 Å². The second-order valence-corrected chi connectivity index (χ2v) is 8.85. The van der Waals surface area contributed by atoms with E-state index in [2.05, 4.69) is 97.3 Å². The molecule has 0 unspecified atom stereocenters. The molecule has 1 aliphatic carbocycles. The van der Waals surface area contributed by atoms with Gasteiger partial charge < -0.3 is 4.57 Å². The van der Waals surface area contributed by atoms with Crippen LogP contribution in [0.2, 0.25) is 5.02 Å². The quantitative estimate of drug-likeness (QED) is 0.274. The monoisotopic (exact) mass is 393 g/mol. The lowest BCUT2D eigenvalue weighted by Crippen LogP contribution is -2.14. The smallest absolute Gasteiger partial charge is 0.0547 e. The summed E-state index contributed by atoms with van der Waals surface area (Å²) in [5.74, 6) is 0. The SMILES string of the molecule is CC1(C)c2cc(Cl)ccc2-c2cc3c(cc21)c1ccccc1n3-c1ccccc1. The lowest BCUT2D eigenvalue weighted by molar-refractivity contribution is 0.661. The maximum absolute atomic E-state index is 6.36. The number of para-hydroxylation sites is 2. The van der Waals surface area contributed by atoms with Crippen LogP contribution in [0, 0.1) is 0 Å². The molecule has 0 saturated heterocycles. The number of hydrogen-bond acceptors (Lipinski definition) is 0. The van der Waals surface area contributed by atoms with Crippen LogP contribution in [0.25, 0.3) is 38.6 Å². The van der Waals surface area contributed by atoms with E-state index in [1.165, 1.54) is 49.7 Å². The highest BCUT2D eigenvalue weighted by Gasteiger charge is 2.36.